The molecule has 0 aromatic heterocycles. The van der Waals surface area contributed by atoms with Crippen LogP contribution in [0.1, 0.15) is 25.0 Å². The van der Waals surface area contributed by atoms with Crippen molar-refractivity contribution in [1.29, 1.82) is 0 Å². The van der Waals surface area contributed by atoms with Gasteiger partial charge in [-0.1, -0.05) is 6.92 Å². The second kappa shape index (κ2) is 6.24. The topological polar surface area (TPSA) is 57.6 Å². The Morgan fingerprint density at radius 1 is 1.43 bits per heavy atom. The summed E-state index contributed by atoms with van der Waals surface area (Å²) in [6.45, 7) is 5.35. The van der Waals surface area contributed by atoms with E-state index in [9.17, 15) is 12.8 Å². The van der Waals surface area contributed by atoms with E-state index < -0.39 is 15.8 Å². The third-order valence-electron chi connectivity index (χ3n) is 3.95. The Morgan fingerprint density at radius 2 is 2.10 bits per heavy atom. The van der Waals surface area contributed by atoms with Gasteiger partial charge in [-0.2, -0.15) is 16.1 Å². The average molecular weight is 333 g/mol. The number of sulfonamides is 1. The zero-order chi connectivity index (χ0) is 15.8. The van der Waals surface area contributed by atoms with Gasteiger partial charge in [0.1, 0.15) is 5.82 Å². The Bertz CT molecular complexity index is 633. The SMILES string of the molecule is Cc1c(F)cc(CO)cc1S(=O)(=O)N1CCSC(C)C1C. The molecule has 0 saturated carbocycles. The van der Waals surface area contributed by atoms with E-state index in [1.54, 1.807) is 11.8 Å². The zero-order valence-corrected chi connectivity index (χ0v) is 14.0. The molecule has 21 heavy (non-hydrogen) atoms. The number of thioether (sulfide) groups is 1. The van der Waals surface area contributed by atoms with Gasteiger partial charge >= 0.3 is 0 Å². The summed E-state index contributed by atoms with van der Waals surface area (Å²) in [5.74, 6) is 0.124. The summed E-state index contributed by atoms with van der Waals surface area (Å²) in [6.07, 6.45) is 0. The highest BCUT2D eigenvalue weighted by Gasteiger charge is 2.36. The van der Waals surface area contributed by atoms with E-state index in [0.29, 0.717) is 6.54 Å². The standard InChI is InChI=1S/C14H20FNO3S2/c1-9-13(15)6-12(8-17)7-14(9)21(18,19)16-4-5-20-11(3)10(16)2/h6-7,10-11,17H,4-5,8H2,1-3H3. The van der Waals surface area contributed by atoms with E-state index in [1.165, 1.54) is 23.4 Å². The third-order valence-corrected chi connectivity index (χ3v) is 7.40. The van der Waals surface area contributed by atoms with Crippen LogP contribution in [0.4, 0.5) is 4.39 Å². The maximum Gasteiger partial charge on any atom is 0.243 e. The number of aliphatic hydroxyl groups is 1. The van der Waals surface area contributed by atoms with Crippen molar-refractivity contribution < 1.29 is 17.9 Å². The number of halogens is 1. The van der Waals surface area contributed by atoms with Crippen LogP contribution in [0.15, 0.2) is 17.0 Å². The Balaban J connectivity index is 2.51. The lowest BCUT2D eigenvalue weighted by Crippen LogP contribution is -2.48. The predicted octanol–water partition coefficient (Wildman–Crippen LogP) is 2.14. The molecule has 0 aliphatic carbocycles. The van der Waals surface area contributed by atoms with Gasteiger partial charge in [0, 0.05) is 29.2 Å². The summed E-state index contributed by atoms with van der Waals surface area (Å²) in [4.78, 5) is -0.0440. The molecule has 1 aliphatic rings. The minimum Gasteiger partial charge on any atom is -0.392 e. The predicted molar refractivity (Wildman–Crippen MR) is 82.3 cm³/mol. The number of hydrogen-bond acceptors (Lipinski definition) is 4. The van der Waals surface area contributed by atoms with Crippen molar-refractivity contribution >= 4 is 21.8 Å². The van der Waals surface area contributed by atoms with Crippen molar-refractivity contribution in [2.24, 2.45) is 0 Å². The van der Waals surface area contributed by atoms with Gasteiger partial charge in [0.15, 0.2) is 0 Å². The lowest BCUT2D eigenvalue weighted by Gasteiger charge is -2.36. The highest BCUT2D eigenvalue weighted by atomic mass is 32.2. The van der Waals surface area contributed by atoms with Crippen LogP contribution in [0.3, 0.4) is 0 Å². The number of benzene rings is 1. The molecule has 1 aromatic carbocycles. The van der Waals surface area contributed by atoms with E-state index in [-0.39, 0.29) is 33.9 Å². The van der Waals surface area contributed by atoms with Crippen LogP contribution in [0.2, 0.25) is 0 Å². The van der Waals surface area contributed by atoms with Gasteiger partial charge in [-0.05, 0) is 31.5 Å². The normalized spacial score (nSPS) is 24.2. The van der Waals surface area contributed by atoms with Gasteiger partial charge in [-0.25, -0.2) is 12.8 Å². The molecule has 2 atom stereocenters. The molecule has 2 unspecified atom stereocenters. The lowest BCUT2D eigenvalue weighted by atomic mass is 10.1. The van der Waals surface area contributed by atoms with E-state index in [2.05, 4.69) is 0 Å². The highest BCUT2D eigenvalue weighted by Crippen LogP contribution is 2.31. The maximum absolute atomic E-state index is 13.9. The van der Waals surface area contributed by atoms with Gasteiger partial charge in [-0.3, -0.25) is 0 Å². The van der Waals surface area contributed by atoms with Crippen LogP contribution in [0.25, 0.3) is 0 Å². The molecule has 1 N–H and O–H groups in total. The molecule has 0 spiro atoms. The van der Waals surface area contributed by atoms with Gasteiger partial charge in [-0.15, -0.1) is 0 Å². The lowest BCUT2D eigenvalue weighted by molar-refractivity contribution is 0.280. The van der Waals surface area contributed by atoms with Crippen molar-refractivity contribution in [2.75, 3.05) is 12.3 Å². The molecule has 118 valence electrons. The molecule has 7 heteroatoms. The monoisotopic (exact) mass is 333 g/mol. The van der Waals surface area contributed by atoms with E-state index in [4.69, 9.17) is 5.11 Å². The molecule has 1 fully saturated rings. The molecule has 1 saturated heterocycles. The smallest absolute Gasteiger partial charge is 0.243 e. The summed E-state index contributed by atoms with van der Waals surface area (Å²) in [5.41, 5.74) is 0.369. The van der Waals surface area contributed by atoms with Crippen LogP contribution >= 0.6 is 11.8 Å². The minimum atomic E-state index is -3.76. The van der Waals surface area contributed by atoms with Crippen LogP contribution in [0.5, 0.6) is 0 Å². The molecule has 0 amide bonds. The molecular weight excluding hydrogens is 313 g/mol. The van der Waals surface area contributed by atoms with Crippen molar-refractivity contribution in [3.8, 4) is 0 Å². The van der Waals surface area contributed by atoms with Crippen LogP contribution in [-0.4, -0.2) is 41.4 Å². The maximum atomic E-state index is 13.9. The van der Waals surface area contributed by atoms with Crippen LogP contribution < -0.4 is 0 Å². The van der Waals surface area contributed by atoms with E-state index >= 15 is 0 Å². The van der Waals surface area contributed by atoms with Crippen molar-refractivity contribution in [2.45, 2.75) is 43.6 Å². The molecule has 1 aromatic rings. The summed E-state index contributed by atoms with van der Waals surface area (Å²) in [7, 11) is -3.76. The van der Waals surface area contributed by atoms with E-state index in [1.807, 2.05) is 13.8 Å². The van der Waals surface area contributed by atoms with Gasteiger partial charge in [0.25, 0.3) is 0 Å². The fourth-order valence-electron chi connectivity index (χ4n) is 2.44. The Labute approximate surface area is 129 Å². The molecule has 1 heterocycles. The Morgan fingerprint density at radius 3 is 2.71 bits per heavy atom. The Hall–Kier alpha value is -0.630. The highest BCUT2D eigenvalue weighted by molar-refractivity contribution is 8.00. The van der Waals surface area contributed by atoms with E-state index in [0.717, 1.165) is 5.75 Å². The first-order chi connectivity index (χ1) is 9.78. The molecule has 1 aliphatic heterocycles. The molecule has 2 rings (SSSR count). The second-order valence-electron chi connectivity index (χ2n) is 5.29. The summed E-state index contributed by atoms with van der Waals surface area (Å²) in [5, 5.41) is 9.36. The van der Waals surface area contributed by atoms with Gasteiger partial charge in [0.05, 0.1) is 11.5 Å². The van der Waals surface area contributed by atoms with Crippen molar-refractivity contribution in [3.63, 3.8) is 0 Å². The second-order valence-corrected chi connectivity index (χ2v) is 8.64. The van der Waals surface area contributed by atoms with Crippen molar-refractivity contribution in [3.05, 3.63) is 29.1 Å². The minimum absolute atomic E-state index is 0.0440. The molecular formula is C14H20FNO3S2. The molecule has 4 nitrogen and oxygen atoms in total. The van der Waals surface area contributed by atoms with Crippen LogP contribution in [0, 0.1) is 12.7 Å². The summed E-state index contributed by atoms with van der Waals surface area (Å²) in [6, 6.07) is 2.40. The average Bonchev–Trinajstić information content (AvgIpc) is 2.44. The number of nitrogens with zero attached hydrogens (tertiary/aromatic N) is 1. The van der Waals surface area contributed by atoms with Crippen LogP contribution in [-0.2, 0) is 16.6 Å². The fourth-order valence-corrected chi connectivity index (χ4v) is 5.72. The summed E-state index contributed by atoms with van der Waals surface area (Å²) >= 11 is 1.74. The van der Waals surface area contributed by atoms with Gasteiger partial charge < -0.3 is 5.11 Å². The molecule has 0 radical (unpaired) electrons. The fraction of sp³-hybridized carbons (Fsp3) is 0.571. The Kier molecular flexibility index (Phi) is 4.97. The first-order valence-electron chi connectivity index (χ1n) is 6.82. The number of rotatable bonds is 3. The number of aliphatic hydroxyl groups excluding tert-OH is 1. The zero-order valence-electron chi connectivity index (χ0n) is 12.3. The van der Waals surface area contributed by atoms with Gasteiger partial charge in [0.2, 0.25) is 10.0 Å². The quantitative estimate of drug-likeness (QED) is 0.921. The van der Waals surface area contributed by atoms with Crippen molar-refractivity contribution in [1.82, 2.24) is 4.31 Å². The molecule has 0 bridgehead atoms. The largest absolute Gasteiger partial charge is 0.392 e. The number of hydrogen-bond donors (Lipinski definition) is 1. The first-order valence-corrected chi connectivity index (χ1v) is 9.31. The first kappa shape index (κ1) is 16.7. The summed E-state index contributed by atoms with van der Waals surface area (Å²) < 4.78 is 41.0. The third kappa shape index (κ3) is 3.11.